The number of hydrogen-bond acceptors (Lipinski definition) is 3. The number of aromatic nitrogens is 3. The number of hydrogen-bond donors (Lipinski definition) is 2. The smallest absolute Gasteiger partial charge is 0.131 e. The summed E-state index contributed by atoms with van der Waals surface area (Å²) in [6, 6.07) is 10.1. The van der Waals surface area contributed by atoms with E-state index in [1.165, 1.54) is 0 Å². The van der Waals surface area contributed by atoms with E-state index in [1.54, 1.807) is 0 Å². The summed E-state index contributed by atoms with van der Waals surface area (Å²) in [5, 5.41) is 19.3. The summed E-state index contributed by atoms with van der Waals surface area (Å²) >= 11 is 2.15. The maximum absolute atomic E-state index is 9.96. The van der Waals surface area contributed by atoms with Gasteiger partial charge in [-0.05, 0) is 77.9 Å². The van der Waals surface area contributed by atoms with Crippen molar-refractivity contribution in [1.82, 2.24) is 15.2 Å². The van der Waals surface area contributed by atoms with E-state index in [-0.39, 0.29) is 0 Å². The standard InChI is InChI=1S/C18H14IN3O/c1-9-6-16(11-5-10(2)18(23)13(19)7-11)21-15-4-3-14-12(17(9)15)8-20-22-14/h3-8,23H,1-2H3,(H,20,22). The molecule has 0 aliphatic carbocycles. The molecule has 4 nitrogen and oxygen atoms in total. The normalized spacial score (nSPS) is 11.4. The van der Waals surface area contributed by atoms with Crippen molar-refractivity contribution in [2.45, 2.75) is 13.8 Å². The SMILES string of the molecule is Cc1cc(-c2cc(C)c3c(ccc4[nH]ncc43)n2)cc(I)c1O. The van der Waals surface area contributed by atoms with Crippen molar-refractivity contribution < 1.29 is 5.11 Å². The monoisotopic (exact) mass is 415 g/mol. The molecular weight excluding hydrogens is 401 g/mol. The van der Waals surface area contributed by atoms with Crippen LogP contribution in [-0.2, 0) is 0 Å². The van der Waals surface area contributed by atoms with Crippen molar-refractivity contribution in [3.05, 3.63) is 51.2 Å². The second-order valence-corrected chi connectivity index (χ2v) is 6.90. The molecule has 0 saturated carbocycles. The van der Waals surface area contributed by atoms with Crippen LogP contribution in [0.1, 0.15) is 11.1 Å². The van der Waals surface area contributed by atoms with Gasteiger partial charge in [-0.15, -0.1) is 0 Å². The van der Waals surface area contributed by atoms with Gasteiger partial charge in [0.1, 0.15) is 5.75 Å². The molecule has 0 atom stereocenters. The minimum atomic E-state index is 0.340. The Morgan fingerprint density at radius 2 is 1.91 bits per heavy atom. The molecule has 0 radical (unpaired) electrons. The van der Waals surface area contributed by atoms with Gasteiger partial charge in [0.2, 0.25) is 0 Å². The molecule has 4 rings (SSSR count). The molecule has 2 N–H and O–H groups in total. The Morgan fingerprint density at radius 1 is 1.09 bits per heavy atom. The van der Waals surface area contributed by atoms with Gasteiger partial charge < -0.3 is 5.11 Å². The first-order chi connectivity index (χ1) is 11.0. The fraction of sp³-hybridized carbons (Fsp3) is 0.111. The number of fused-ring (bicyclic) bond motifs is 3. The Bertz CT molecular complexity index is 1050. The quantitative estimate of drug-likeness (QED) is 0.443. The van der Waals surface area contributed by atoms with E-state index in [2.05, 4.69) is 45.8 Å². The van der Waals surface area contributed by atoms with E-state index < -0.39 is 0 Å². The van der Waals surface area contributed by atoms with E-state index in [4.69, 9.17) is 4.98 Å². The Balaban J connectivity index is 2.00. The van der Waals surface area contributed by atoms with Crippen LogP contribution in [0.4, 0.5) is 0 Å². The van der Waals surface area contributed by atoms with Gasteiger partial charge >= 0.3 is 0 Å². The van der Waals surface area contributed by atoms with Crippen molar-refractivity contribution in [1.29, 1.82) is 0 Å². The van der Waals surface area contributed by atoms with Crippen molar-refractivity contribution in [3.63, 3.8) is 0 Å². The summed E-state index contributed by atoms with van der Waals surface area (Å²) in [6.07, 6.45) is 1.85. The van der Waals surface area contributed by atoms with Crippen LogP contribution in [0.3, 0.4) is 0 Å². The first kappa shape index (κ1) is 14.4. The number of nitrogens with one attached hydrogen (secondary N) is 1. The molecule has 0 amide bonds. The Morgan fingerprint density at radius 3 is 2.70 bits per heavy atom. The Labute approximate surface area is 146 Å². The number of aryl methyl sites for hydroxylation is 2. The largest absolute Gasteiger partial charge is 0.507 e. The van der Waals surface area contributed by atoms with E-state index in [0.29, 0.717) is 5.75 Å². The molecule has 0 bridgehead atoms. The van der Waals surface area contributed by atoms with Gasteiger partial charge in [0.15, 0.2) is 0 Å². The fourth-order valence-electron chi connectivity index (χ4n) is 2.99. The van der Waals surface area contributed by atoms with Gasteiger partial charge in [-0.25, -0.2) is 4.98 Å². The minimum absolute atomic E-state index is 0.340. The van der Waals surface area contributed by atoms with Crippen molar-refractivity contribution >= 4 is 44.4 Å². The lowest BCUT2D eigenvalue weighted by molar-refractivity contribution is 0.467. The van der Waals surface area contributed by atoms with Crippen LogP contribution in [-0.4, -0.2) is 20.3 Å². The highest BCUT2D eigenvalue weighted by Gasteiger charge is 2.11. The van der Waals surface area contributed by atoms with Crippen LogP contribution in [0.25, 0.3) is 33.1 Å². The molecule has 5 heteroatoms. The predicted octanol–water partition coefficient (Wildman–Crippen LogP) is 4.71. The van der Waals surface area contributed by atoms with Crippen LogP contribution in [0.2, 0.25) is 0 Å². The number of aromatic amines is 1. The minimum Gasteiger partial charge on any atom is -0.507 e. The zero-order valence-corrected chi connectivity index (χ0v) is 14.8. The van der Waals surface area contributed by atoms with Crippen LogP contribution in [0.5, 0.6) is 5.75 Å². The summed E-state index contributed by atoms with van der Waals surface area (Å²) < 4.78 is 0.836. The van der Waals surface area contributed by atoms with Gasteiger partial charge in [0.05, 0.1) is 26.5 Å². The van der Waals surface area contributed by atoms with Crippen LogP contribution in [0, 0.1) is 17.4 Å². The zero-order valence-electron chi connectivity index (χ0n) is 12.7. The third-order valence-corrected chi connectivity index (χ3v) is 4.96. The van der Waals surface area contributed by atoms with Crippen molar-refractivity contribution in [2.24, 2.45) is 0 Å². The van der Waals surface area contributed by atoms with E-state index in [9.17, 15) is 5.11 Å². The van der Waals surface area contributed by atoms with Crippen molar-refractivity contribution in [2.75, 3.05) is 0 Å². The van der Waals surface area contributed by atoms with Gasteiger partial charge in [-0.3, -0.25) is 5.10 Å². The number of halogens is 1. The molecule has 23 heavy (non-hydrogen) atoms. The topological polar surface area (TPSA) is 61.8 Å². The number of benzene rings is 2. The summed E-state index contributed by atoms with van der Waals surface area (Å²) in [5.41, 5.74) is 5.93. The zero-order chi connectivity index (χ0) is 16.1. The summed E-state index contributed by atoms with van der Waals surface area (Å²) in [7, 11) is 0. The molecule has 4 aromatic rings. The summed E-state index contributed by atoms with van der Waals surface area (Å²) in [6.45, 7) is 4.00. The number of phenols is 1. The second-order valence-electron chi connectivity index (χ2n) is 5.74. The van der Waals surface area contributed by atoms with Crippen molar-refractivity contribution in [3.8, 4) is 17.0 Å². The highest BCUT2D eigenvalue weighted by atomic mass is 127. The van der Waals surface area contributed by atoms with E-state index in [0.717, 1.165) is 47.8 Å². The van der Waals surface area contributed by atoms with Crippen LogP contribution >= 0.6 is 22.6 Å². The molecule has 114 valence electrons. The number of rotatable bonds is 1. The third kappa shape index (κ3) is 2.26. The highest BCUT2D eigenvalue weighted by molar-refractivity contribution is 14.1. The Hall–Kier alpha value is -2.15. The third-order valence-electron chi connectivity index (χ3n) is 4.14. The molecule has 0 unspecified atom stereocenters. The number of pyridine rings is 1. The van der Waals surface area contributed by atoms with Gasteiger partial charge in [0, 0.05) is 16.3 Å². The molecule has 0 aliphatic heterocycles. The average molecular weight is 415 g/mol. The predicted molar refractivity (Wildman–Crippen MR) is 101 cm³/mol. The van der Waals surface area contributed by atoms with E-state index >= 15 is 0 Å². The highest BCUT2D eigenvalue weighted by Crippen LogP contribution is 2.33. The number of phenolic OH excluding ortho intramolecular Hbond substituents is 1. The number of nitrogens with zero attached hydrogens (tertiary/aromatic N) is 2. The molecule has 2 aromatic heterocycles. The number of aromatic hydroxyl groups is 1. The lowest BCUT2D eigenvalue weighted by Gasteiger charge is -2.10. The average Bonchev–Trinajstić information content (AvgIpc) is 3.00. The Kier molecular flexibility index (Phi) is 3.26. The summed E-state index contributed by atoms with van der Waals surface area (Å²) in [5.74, 6) is 0.340. The first-order valence-corrected chi connectivity index (χ1v) is 8.35. The maximum Gasteiger partial charge on any atom is 0.131 e. The lowest BCUT2D eigenvalue weighted by atomic mass is 10.0. The molecule has 0 fully saturated rings. The molecule has 0 saturated heterocycles. The van der Waals surface area contributed by atoms with Gasteiger partial charge in [-0.1, -0.05) is 0 Å². The number of H-pyrrole nitrogens is 1. The van der Waals surface area contributed by atoms with Crippen LogP contribution in [0.15, 0.2) is 36.5 Å². The molecule has 0 spiro atoms. The first-order valence-electron chi connectivity index (χ1n) is 7.27. The molecule has 0 aliphatic rings. The van der Waals surface area contributed by atoms with Crippen LogP contribution < -0.4 is 0 Å². The molecule has 2 heterocycles. The maximum atomic E-state index is 9.96. The second kappa shape index (κ2) is 5.19. The van der Waals surface area contributed by atoms with Gasteiger partial charge in [0.25, 0.3) is 0 Å². The fourth-order valence-corrected chi connectivity index (χ4v) is 3.75. The molecule has 2 aromatic carbocycles. The summed E-state index contributed by atoms with van der Waals surface area (Å²) in [4.78, 5) is 4.82. The van der Waals surface area contributed by atoms with Gasteiger partial charge in [-0.2, -0.15) is 5.10 Å². The van der Waals surface area contributed by atoms with E-state index in [1.807, 2.05) is 37.4 Å². The molecular formula is C18H14IN3O. The lowest BCUT2D eigenvalue weighted by Crippen LogP contribution is -1.91.